The van der Waals surface area contributed by atoms with Gasteiger partial charge < -0.3 is 20.3 Å². The van der Waals surface area contributed by atoms with Gasteiger partial charge in [0.25, 0.3) is 0 Å². The molecule has 1 aliphatic heterocycles. The lowest BCUT2D eigenvalue weighted by molar-refractivity contribution is 0.160. The van der Waals surface area contributed by atoms with Gasteiger partial charge in [0.05, 0.1) is 12.7 Å². The van der Waals surface area contributed by atoms with E-state index in [-0.39, 0.29) is 0 Å². The molecule has 0 aromatic carbocycles. The fourth-order valence-corrected chi connectivity index (χ4v) is 3.07. The van der Waals surface area contributed by atoms with Gasteiger partial charge in [0, 0.05) is 31.9 Å². The molecule has 1 fully saturated rings. The molecule has 6 nitrogen and oxygen atoms in total. The van der Waals surface area contributed by atoms with E-state index in [1.807, 2.05) is 12.1 Å². The van der Waals surface area contributed by atoms with Crippen LogP contribution in [0, 0.1) is 0 Å². The summed E-state index contributed by atoms with van der Waals surface area (Å²) in [6.45, 7) is 9.82. The molecule has 1 atom stereocenters. The summed E-state index contributed by atoms with van der Waals surface area (Å²) in [6.07, 6.45) is 8.63. The van der Waals surface area contributed by atoms with Crippen LogP contribution in [0.25, 0.3) is 0 Å². The largest absolute Gasteiger partial charge is 0.490 e. The Bertz CT molecular complexity index is 494. The molecule has 25 heavy (non-hydrogen) atoms. The van der Waals surface area contributed by atoms with Crippen LogP contribution in [0.15, 0.2) is 29.5 Å². The second kappa shape index (κ2) is 11.7. The number of aromatic nitrogens is 1. The fraction of sp³-hybridized carbons (Fsp3) is 0.684. The van der Waals surface area contributed by atoms with Crippen molar-refractivity contribution in [2.24, 2.45) is 4.99 Å². The lowest BCUT2D eigenvalue weighted by Crippen LogP contribution is -2.40. The summed E-state index contributed by atoms with van der Waals surface area (Å²) < 4.78 is 5.64. The molecule has 0 radical (unpaired) electrons. The minimum absolute atomic E-state index is 0.585. The van der Waals surface area contributed by atoms with Gasteiger partial charge in [0.1, 0.15) is 12.4 Å². The van der Waals surface area contributed by atoms with Gasteiger partial charge in [-0.15, -0.1) is 0 Å². The molecular formula is C19H33N5O. The first-order valence-corrected chi connectivity index (χ1v) is 9.58. The van der Waals surface area contributed by atoms with E-state index >= 15 is 0 Å². The first-order chi connectivity index (χ1) is 12.3. The van der Waals surface area contributed by atoms with Crippen molar-refractivity contribution in [2.75, 3.05) is 39.3 Å². The summed E-state index contributed by atoms with van der Waals surface area (Å²) in [4.78, 5) is 11.3. The average Bonchev–Trinajstić information content (AvgIpc) is 2.64. The van der Waals surface area contributed by atoms with Gasteiger partial charge in [-0.25, -0.2) is 0 Å². The number of piperidine rings is 1. The smallest absolute Gasteiger partial charge is 0.191 e. The van der Waals surface area contributed by atoms with E-state index in [0.29, 0.717) is 13.2 Å². The van der Waals surface area contributed by atoms with Crippen molar-refractivity contribution in [2.45, 2.75) is 45.6 Å². The number of hydrogen-bond acceptors (Lipinski definition) is 4. The van der Waals surface area contributed by atoms with E-state index in [0.717, 1.165) is 43.8 Å². The van der Waals surface area contributed by atoms with Crippen molar-refractivity contribution in [1.29, 1.82) is 0 Å². The summed E-state index contributed by atoms with van der Waals surface area (Å²) in [5.41, 5.74) is 0. The van der Waals surface area contributed by atoms with Crippen LogP contribution in [0.2, 0.25) is 0 Å². The zero-order valence-corrected chi connectivity index (χ0v) is 15.7. The highest BCUT2D eigenvalue weighted by Gasteiger charge is 2.16. The van der Waals surface area contributed by atoms with Gasteiger partial charge in [-0.3, -0.25) is 9.98 Å². The number of pyridine rings is 1. The van der Waals surface area contributed by atoms with Crippen LogP contribution in [0.3, 0.4) is 0 Å². The molecule has 1 aromatic heterocycles. The third-order valence-electron chi connectivity index (χ3n) is 4.46. The first kappa shape index (κ1) is 19.5. The highest BCUT2D eigenvalue weighted by Crippen LogP contribution is 2.16. The second-order valence-electron chi connectivity index (χ2n) is 6.46. The molecule has 1 saturated heterocycles. The SMILES string of the molecule is CCNC(=NCCCN1CCCCC1C)NCCOc1cccnc1. The van der Waals surface area contributed by atoms with Gasteiger partial charge in [-0.05, 0) is 51.8 Å². The molecular weight excluding hydrogens is 314 g/mol. The number of guanidine groups is 1. The molecule has 6 heteroatoms. The third kappa shape index (κ3) is 7.73. The fourth-order valence-electron chi connectivity index (χ4n) is 3.07. The molecule has 1 aromatic rings. The minimum Gasteiger partial charge on any atom is -0.490 e. The molecule has 0 bridgehead atoms. The Balaban J connectivity index is 1.63. The Hall–Kier alpha value is -1.82. The lowest BCUT2D eigenvalue weighted by atomic mass is 10.0. The monoisotopic (exact) mass is 347 g/mol. The average molecular weight is 348 g/mol. The van der Waals surface area contributed by atoms with Gasteiger partial charge in [-0.1, -0.05) is 6.42 Å². The van der Waals surface area contributed by atoms with Crippen LogP contribution in [-0.2, 0) is 0 Å². The quantitative estimate of drug-likeness (QED) is 0.408. The molecule has 0 spiro atoms. The van der Waals surface area contributed by atoms with Crippen molar-refractivity contribution in [3.05, 3.63) is 24.5 Å². The maximum atomic E-state index is 5.64. The molecule has 1 aliphatic rings. The molecule has 2 rings (SSSR count). The lowest BCUT2D eigenvalue weighted by Gasteiger charge is -2.33. The van der Waals surface area contributed by atoms with E-state index in [9.17, 15) is 0 Å². The number of rotatable bonds is 9. The summed E-state index contributed by atoms with van der Waals surface area (Å²) >= 11 is 0. The van der Waals surface area contributed by atoms with E-state index in [1.165, 1.54) is 25.8 Å². The Morgan fingerprint density at radius 3 is 3.08 bits per heavy atom. The molecule has 140 valence electrons. The summed E-state index contributed by atoms with van der Waals surface area (Å²) in [7, 11) is 0. The van der Waals surface area contributed by atoms with E-state index in [4.69, 9.17) is 4.74 Å². The van der Waals surface area contributed by atoms with Crippen molar-refractivity contribution in [3.8, 4) is 5.75 Å². The van der Waals surface area contributed by atoms with Gasteiger partial charge in [0.2, 0.25) is 0 Å². The number of aliphatic imine (C=N–C) groups is 1. The van der Waals surface area contributed by atoms with Crippen LogP contribution in [0.5, 0.6) is 5.75 Å². The Morgan fingerprint density at radius 2 is 2.32 bits per heavy atom. The minimum atomic E-state index is 0.585. The molecule has 0 saturated carbocycles. The van der Waals surface area contributed by atoms with E-state index < -0.39 is 0 Å². The van der Waals surface area contributed by atoms with Crippen LogP contribution >= 0.6 is 0 Å². The van der Waals surface area contributed by atoms with Crippen LogP contribution in [0.4, 0.5) is 0 Å². The summed E-state index contributed by atoms with van der Waals surface area (Å²) in [5.74, 6) is 1.66. The van der Waals surface area contributed by atoms with E-state index in [2.05, 4.69) is 39.4 Å². The molecule has 1 unspecified atom stereocenters. The van der Waals surface area contributed by atoms with Gasteiger partial charge >= 0.3 is 0 Å². The number of hydrogen-bond donors (Lipinski definition) is 2. The van der Waals surface area contributed by atoms with Crippen molar-refractivity contribution in [3.63, 3.8) is 0 Å². The number of likely N-dealkylation sites (tertiary alicyclic amines) is 1. The van der Waals surface area contributed by atoms with Crippen molar-refractivity contribution >= 4 is 5.96 Å². The third-order valence-corrected chi connectivity index (χ3v) is 4.46. The highest BCUT2D eigenvalue weighted by molar-refractivity contribution is 5.79. The van der Waals surface area contributed by atoms with Crippen LogP contribution in [-0.4, -0.2) is 61.2 Å². The van der Waals surface area contributed by atoms with E-state index in [1.54, 1.807) is 12.4 Å². The topological polar surface area (TPSA) is 61.8 Å². The predicted molar refractivity (Wildman–Crippen MR) is 103 cm³/mol. The Kier molecular flexibility index (Phi) is 9.12. The number of ether oxygens (including phenoxy) is 1. The number of nitrogens with zero attached hydrogens (tertiary/aromatic N) is 3. The standard InChI is InChI=1S/C19H33N5O/c1-3-21-19(23-12-15-25-18-9-6-10-20-16-18)22-11-7-14-24-13-5-4-8-17(24)2/h6,9-10,16-17H,3-5,7-8,11-15H2,1-2H3,(H2,21,22,23). The maximum Gasteiger partial charge on any atom is 0.191 e. The second-order valence-corrected chi connectivity index (χ2v) is 6.46. The zero-order chi connectivity index (χ0) is 17.7. The highest BCUT2D eigenvalue weighted by atomic mass is 16.5. The number of nitrogens with one attached hydrogen (secondary N) is 2. The predicted octanol–water partition coefficient (Wildman–Crippen LogP) is 2.28. The first-order valence-electron chi connectivity index (χ1n) is 9.58. The van der Waals surface area contributed by atoms with Crippen molar-refractivity contribution < 1.29 is 4.74 Å². The van der Waals surface area contributed by atoms with Crippen LogP contribution in [0.1, 0.15) is 39.5 Å². The van der Waals surface area contributed by atoms with Gasteiger partial charge in [0.15, 0.2) is 5.96 Å². The summed E-state index contributed by atoms with van der Waals surface area (Å²) in [6, 6.07) is 4.51. The van der Waals surface area contributed by atoms with Crippen molar-refractivity contribution in [1.82, 2.24) is 20.5 Å². The Morgan fingerprint density at radius 1 is 1.40 bits per heavy atom. The molecule has 0 amide bonds. The summed E-state index contributed by atoms with van der Waals surface area (Å²) in [5, 5.41) is 6.60. The molecule has 2 N–H and O–H groups in total. The molecule has 2 heterocycles. The molecule has 0 aliphatic carbocycles. The zero-order valence-electron chi connectivity index (χ0n) is 15.7. The maximum absolute atomic E-state index is 5.64. The Labute approximate surface area is 152 Å². The van der Waals surface area contributed by atoms with Crippen LogP contribution < -0.4 is 15.4 Å². The normalized spacial score (nSPS) is 18.8. The van der Waals surface area contributed by atoms with Gasteiger partial charge in [-0.2, -0.15) is 0 Å².